The molecule has 0 aromatic heterocycles. The second-order valence-electron chi connectivity index (χ2n) is 4.83. The molecule has 5 nitrogen and oxygen atoms in total. The molecule has 0 amide bonds. The number of piperidine rings is 1. The fourth-order valence-corrected chi connectivity index (χ4v) is 4.44. The van der Waals surface area contributed by atoms with Crippen molar-refractivity contribution in [2.75, 3.05) is 27.2 Å². The first-order valence-corrected chi connectivity index (χ1v) is 8.72. The molecule has 20 heavy (non-hydrogen) atoms. The third-order valence-electron chi connectivity index (χ3n) is 3.58. The maximum Gasteiger partial charge on any atom is 0.243 e. The highest BCUT2D eigenvalue weighted by molar-refractivity contribution is 9.10. The summed E-state index contributed by atoms with van der Waals surface area (Å²) in [5.41, 5.74) is 0. The standard InChI is InChI=1S/C13H19BrN2O3S/c1-16(11-3-5-15-6-4-11)20(17,18)13-8-10(14)7-12(9-13)19-2/h7-9,11,15H,3-6H2,1-2H3. The van der Waals surface area contributed by atoms with E-state index in [1.54, 1.807) is 25.2 Å². The molecule has 0 radical (unpaired) electrons. The molecule has 1 heterocycles. The Balaban J connectivity index is 2.31. The fourth-order valence-electron chi connectivity index (χ4n) is 2.34. The molecule has 112 valence electrons. The van der Waals surface area contributed by atoms with Gasteiger partial charge in [-0.3, -0.25) is 0 Å². The van der Waals surface area contributed by atoms with Gasteiger partial charge < -0.3 is 10.1 Å². The van der Waals surface area contributed by atoms with Gasteiger partial charge in [0.05, 0.1) is 12.0 Å². The summed E-state index contributed by atoms with van der Waals surface area (Å²) in [7, 11) is -0.324. The van der Waals surface area contributed by atoms with Crippen molar-refractivity contribution < 1.29 is 13.2 Å². The average molecular weight is 363 g/mol. The lowest BCUT2D eigenvalue weighted by Gasteiger charge is -2.30. The third-order valence-corrected chi connectivity index (χ3v) is 5.93. The predicted molar refractivity (Wildman–Crippen MR) is 81.5 cm³/mol. The Hall–Kier alpha value is -0.630. The summed E-state index contributed by atoms with van der Waals surface area (Å²) in [4.78, 5) is 0.254. The van der Waals surface area contributed by atoms with Gasteiger partial charge in [-0.1, -0.05) is 15.9 Å². The molecule has 0 unspecified atom stereocenters. The highest BCUT2D eigenvalue weighted by Gasteiger charge is 2.29. The van der Waals surface area contributed by atoms with E-state index in [4.69, 9.17) is 4.74 Å². The topological polar surface area (TPSA) is 58.6 Å². The molecule has 0 spiro atoms. The van der Waals surface area contributed by atoms with Gasteiger partial charge in [0.2, 0.25) is 10.0 Å². The molecule has 0 bridgehead atoms. The van der Waals surface area contributed by atoms with Gasteiger partial charge in [-0.25, -0.2) is 8.42 Å². The molecule has 1 saturated heterocycles. The Bertz CT molecular complexity index is 571. The number of hydrogen-bond acceptors (Lipinski definition) is 4. The average Bonchev–Trinajstić information content (AvgIpc) is 2.46. The van der Waals surface area contributed by atoms with Crippen LogP contribution in [0.25, 0.3) is 0 Å². The van der Waals surface area contributed by atoms with E-state index in [-0.39, 0.29) is 10.9 Å². The molecule has 2 rings (SSSR count). The van der Waals surface area contributed by atoms with Gasteiger partial charge in [-0.05, 0) is 38.1 Å². The Morgan fingerprint density at radius 2 is 1.95 bits per heavy atom. The Labute approximate surface area is 128 Å². The zero-order valence-electron chi connectivity index (χ0n) is 11.6. The minimum atomic E-state index is -3.50. The van der Waals surface area contributed by atoms with Crippen LogP contribution in [-0.2, 0) is 10.0 Å². The summed E-state index contributed by atoms with van der Waals surface area (Å²) in [6.45, 7) is 1.71. The van der Waals surface area contributed by atoms with Crippen LogP contribution in [0, 0.1) is 0 Å². The molecule has 1 aromatic carbocycles. The van der Waals surface area contributed by atoms with E-state index in [0.717, 1.165) is 25.9 Å². The van der Waals surface area contributed by atoms with Crippen molar-refractivity contribution in [1.82, 2.24) is 9.62 Å². The predicted octanol–water partition coefficient (Wildman–Crippen LogP) is 1.83. The van der Waals surface area contributed by atoms with Gasteiger partial charge in [-0.15, -0.1) is 0 Å². The van der Waals surface area contributed by atoms with Crippen LogP contribution in [0.15, 0.2) is 27.6 Å². The first-order chi connectivity index (χ1) is 9.45. The Morgan fingerprint density at radius 1 is 1.30 bits per heavy atom. The van der Waals surface area contributed by atoms with Gasteiger partial charge in [0.1, 0.15) is 5.75 Å². The molecule has 1 aromatic rings. The van der Waals surface area contributed by atoms with Crippen LogP contribution in [-0.4, -0.2) is 46.0 Å². The normalized spacial score (nSPS) is 17.4. The van der Waals surface area contributed by atoms with Gasteiger partial charge >= 0.3 is 0 Å². The summed E-state index contributed by atoms with van der Waals surface area (Å²) < 4.78 is 32.7. The van der Waals surface area contributed by atoms with Crippen LogP contribution in [0.2, 0.25) is 0 Å². The van der Waals surface area contributed by atoms with Gasteiger partial charge in [-0.2, -0.15) is 4.31 Å². The Morgan fingerprint density at radius 3 is 2.55 bits per heavy atom. The lowest BCUT2D eigenvalue weighted by Crippen LogP contribution is -2.43. The second kappa shape index (κ2) is 6.43. The van der Waals surface area contributed by atoms with Crippen LogP contribution in [0.3, 0.4) is 0 Å². The molecule has 1 aliphatic heterocycles. The van der Waals surface area contributed by atoms with Crippen molar-refractivity contribution in [3.8, 4) is 5.75 Å². The van der Waals surface area contributed by atoms with E-state index >= 15 is 0 Å². The fraction of sp³-hybridized carbons (Fsp3) is 0.538. The highest BCUT2D eigenvalue weighted by Crippen LogP contribution is 2.27. The smallest absolute Gasteiger partial charge is 0.243 e. The first-order valence-electron chi connectivity index (χ1n) is 6.48. The number of nitrogens with one attached hydrogen (secondary N) is 1. The van der Waals surface area contributed by atoms with Crippen LogP contribution >= 0.6 is 15.9 Å². The highest BCUT2D eigenvalue weighted by atomic mass is 79.9. The number of ether oxygens (including phenoxy) is 1. The van der Waals surface area contributed by atoms with Gasteiger partial charge in [0.15, 0.2) is 0 Å². The molecule has 1 fully saturated rings. The van der Waals surface area contributed by atoms with Gasteiger partial charge in [0, 0.05) is 23.6 Å². The maximum absolute atomic E-state index is 12.7. The lowest BCUT2D eigenvalue weighted by molar-refractivity contribution is 0.296. The van der Waals surface area contributed by atoms with E-state index < -0.39 is 10.0 Å². The van der Waals surface area contributed by atoms with E-state index in [1.165, 1.54) is 11.4 Å². The van der Waals surface area contributed by atoms with Crippen molar-refractivity contribution in [1.29, 1.82) is 0 Å². The number of halogens is 1. The monoisotopic (exact) mass is 362 g/mol. The third kappa shape index (κ3) is 3.33. The number of sulfonamides is 1. The summed E-state index contributed by atoms with van der Waals surface area (Å²) >= 11 is 3.32. The quantitative estimate of drug-likeness (QED) is 0.887. The van der Waals surface area contributed by atoms with Crippen LogP contribution in [0.1, 0.15) is 12.8 Å². The number of methoxy groups -OCH3 is 1. The van der Waals surface area contributed by atoms with Crippen LogP contribution in [0.4, 0.5) is 0 Å². The number of nitrogens with zero attached hydrogens (tertiary/aromatic N) is 1. The molecule has 0 aliphatic carbocycles. The van der Waals surface area contributed by atoms with Crippen molar-refractivity contribution in [2.45, 2.75) is 23.8 Å². The van der Waals surface area contributed by atoms with Crippen molar-refractivity contribution in [3.05, 3.63) is 22.7 Å². The van der Waals surface area contributed by atoms with E-state index in [9.17, 15) is 8.42 Å². The minimum Gasteiger partial charge on any atom is -0.497 e. The van der Waals surface area contributed by atoms with E-state index in [0.29, 0.717) is 10.2 Å². The number of benzene rings is 1. The largest absolute Gasteiger partial charge is 0.497 e. The lowest BCUT2D eigenvalue weighted by atomic mass is 10.1. The van der Waals surface area contributed by atoms with E-state index in [2.05, 4.69) is 21.2 Å². The summed E-state index contributed by atoms with van der Waals surface area (Å²) in [5.74, 6) is 0.525. The molecule has 1 aliphatic rings. The number of hydrogen-bond donors (Lipinski definition) is 1. The first kappa shape index (κ1) is 15.8. The summed E-state index contributed by atoms with van der Waals surface area (Å²) in [5, 5.41) is 3.24. The van der Waals surface area contributed by atoms with Crippen molar-refractivity contribution in [3.63, 3.8) is 0 Å². The van der Waals surface area contributed by atoms with Gasteiger partial charge in [0.25, 0.3) is 0 Å². The van der Waals surface area contributed by atoms with Crippen LogP contribution in [0.5, 0.6) is 5.75 Å². The molecular weight excluding hydrogens is 344 g/mol. The Kier molecular flexibility index (Phi) is 5.06. The zero-order chi connectivity index (χ0) is 14.8. The number of rotatable bonds is 4. The molecule has 0 atom stereocenters. The van der Waals surface area contributed by atoms with Crippen LogP contribution < -0.4 is 10.1 Å². The zero-order valence-corrected chi connectivity index (χ0v) is 14.0. The summed E-state index contributed by atoms with van der Waals surface area (Å²) in [6, 6.07) is 4.95. The molecule has 7 heteroatoms. The molecule has 0 saturated carbocycles. The summed E-state index contributed by atoms with van der Waals surface area (Å²) in [6.07, 6.45) is 1.67. The molecular formula is C13H19BrN2O3S. The minimum absolute atomic E-state index is 0.0474. The second-order valence-corrected chi connectivity index (χ2v) is 7.74. The van der Waals surface area contributed by atoms with E-state index in [1.807, 2.05) is 0 Å². The van der Waals surface area contributed by atoms with Crippen molar-refractivity contribution in [2.24, 2.45) is 0 Å². The maximum atomic E-state index is 12.7. The molecule has 1 N–H and O–H groups in total. The van der Waals surface area contributed by atoms with Crippen molar-refractivity contribution >= 4 is 26.0 Å². The SMILES string of the molecule is COc1cc(Br)cc(S(=O)(=O)N(C)C2CCNCC2)c1.